The third kappa shape index (κ3) is 3.81. The molecule has 1 atom stereocenters. The van der Waals surface area contributed by atoms with E-state index in [1.54, 1.807) is 29.8 Å². The van der Waals surface area contributed by atoms with Crippen LogP contribution in [0.3, 0.4) is 0 Å². The number of piperidine rings is 1. The molecule has 2 aromatic rings. The fourth-order valence-corrected chi connectivity index (χ4v) is 5.23. The average Bonchev–Trinajstić information content (AvgIpc) is 2.87. The number of nitrogens with zero attached hydrogens (tertiary/aromatic N) is 4. The Labute approximate surface area is 163 Å². The average molecular weight is 382 g/mol. The van der Waals surface area contributed by atoms with Gasteiger partial charge in [0.25, 0.3) is 0 Å². The van der Waals surface area contributed by atoms with Gasteiger partial charge in [-0.15, -0.1) is 11.3 Å². The smallest absolute Gasteiger partial charge is 0.229 e. The molecular formula is C20H23N5OS. The zero-order valence-electron chi connectivity index (χ0n) is 15.3. The second-order valence-electron chi connectivity index (χ2n) is 7.20. The number of rotatable bonds is 3. The lowest BCUT2D eigenvalue weighted by molar-refractivity contribution is -0.120. The van der Waals surface area contributed by atoms with E-state index in [1.807, 2.05) is 0 Å². The van der Waals surface area contributed by atoms with Crippen molar-refractivity contribution >= 4 is 28.2 Å². The van der Waals surface area contributed by atoms with E-state index in [-0.39, 0.29) is 11.8 Å². The number of nitrogens with one attached hydrogen (secondary N) is 1. The van der Waals surface area contributed by atoms with Crippen LogP contribution in [0.15, 0.2) is 18.5 Å². The van der Waals surface area contributed by atoms with E-state index in [0.717, 1.165) is 43.6 Å². The lowest BCUT2D eigenvalue weighted by Gasteiger charge is -2.31. The van der Waals surface area contributed by atoms with Crippen LogP contribution in [0.1, 0.15) is 48.1 Å². The van der Waals surface area contributed by atoms with E-state index in [0.29, 0.717) is 18.1 Å². The molecule has 2 aliphatic rings. The number of anilines is 2. The highest BCUT2D eigenvalue weighted by molar-refractivity contribution is 7.16. The van der Waals surface area contributed by atoms with Gasteiger partial charge in [-0.3, -0.25) is 4.79 Å². The van der Waals surface area contributed by atoms with Gasteiger partial charge in [0.15, 0.2) is 0 Å². The van der Waals surface area contributed by atoms with Crippen molar-refractivity contribution in [1.82, 2.24) is 9.97 Å². The van der Waals surface area contributed by atoms with E-state index in [1.165, 1.54) is 23.3 Å². The van der Waals surface area contributed by atoms with Crippen molar-refractivity contribution < 1.29 is 4.79 Å². The Kier molecular flexibility index (Phi) is 5.35. The number of carbonyl (C=O) groups excluding carboxylic acids is 1. The van der Waals surface area contributed by atoms with Crippen molar-refractivity contribution in [1.29, 1.82) is 5.26 Å². The van der Waals surface area contributed by atoms with E-state index in [2.05, 4.69) is 26.3 Å². The topological polar surface area (TPSA) is 81.9 Å². The summed E-state index contributed by atoms with van der Waals surface area (Å²) < 4.78 is 0. The normalized spacial score (nSPS) is 19.7. The maximum Gasteiger partial charge on any atom is 0.229 e. The maximum absolute atomic E-state index is 12.9. The summed E-state index contributed by atoms with van der Waals surface area (Å²) >= 11 is 1.60. The van der Waals surface area contributed by atoms with Gasteiger partial charge in [-0.25, -0.2) is 9.97 Å². The Balaban J connectivity index is 1.48. The van der Waals surface area contributed by atoms with Crippen LogP contribution in [0.5, 0.6) is 0 Å². The number of fused-ring (bicyclic) bond motifs is 1. The molecule has 4 rings (SSSR count). The summed E-state index contributed by atoms with van der Waals surface area (Å²) in [6, 6.07) is 4.13. The first-order valence-corrected chi connectivity index (χ1v) is 10.5. The monoisotopic (exact) mass is 381 g/mol. The van der Waals surface area contributed by atoms with Gasteiger partial charge >= 0.3 is 0 Å². The Morgan fingerprint density at radius 1 is 1.22 bits per heavy atom. The van der Waals surface area contributed by atoms with E-state index >= 15 is 0 Å². The molecule has 0 radical (unpaired) electrons. The van der Waals surface area contributed by atoms with Gasteiger partial charge in [-0.05, 0) is 50.2 Å². The number of hydrogen-bond donors (Lipinski definition) is 1. The van der Waals surface area contributed by atoms with E-state index in [4.69, 9.17) is 0 Å². The minimum absolute atomic E-state index is 0.00328. The predicted molar refractivity (Wildman–Crippen MR) is 106 cm³/mol. The summed E-state index contributed by atoms with van der Waals surface area (Å²) in [4.78, 5) is 24.9. The molecule has 27 heavy (non-hydrogen) atoms. The van der Waals surface area contributed by atoms with Gasteiger partial charge in [0.05, 0.1) is 11.5 Å². The zero-order valence-corrected chi connectivity index (χ0v) is 16.1. The van der Waals surface area contributed by atoms with Crippen LogP contribution in [0, 0.1) is 17.2 Å². The van der Waals surface area contributed by atoms with Crippen molar-refractivity contribution in [2.45, 2.75) is 44.9 Å². The van der Waals surface area contributed by atoms with Crippen LogP contribution in [-0.2, 0) is 17.6 Å². The fraction of sp³-hybridized carbons (Fsp3) is 0.500. The maximum atomic E-state index is 12.9. The highest BCUT2D eigenvalue weighted by Gasteiger charge is 2.29. The molecule has 0 spiro atoms. The minimum Gasteiger partial charge on any atom is -0.340 e. The molecule has 3 heterocycles. The Hall–Kier alpha value is -2.46. The lowest BCUT2D eigenvalue weighted by atomic mass is 9.97. The molecule has 0 saturated carbocycles. The Bertz CT molecular complexity index is 857. The van der Waals surface area contributed by atoms with Crippen LogP contribution in [0.4, 0.5) is 10.9 Å². The third-order valence-electron chi connectivity index (χ3n) is 5.40. The third-order valence-corrected chi connectivity index (χ3v) is 6.60. The van der Waals surface area contributed by atoms with E-state index < -0.39 is 0 Å². The summed E-state index contributed by atoms with van der Waals surface area (Å²) in [5.74, 6) is 0.565. The zero-order chi connectivity index (χ0) is 18.6. The highest BCUT2D eigenvalue weighted by Crippen LogP contribution is 2.37. The molecule has 1 N–H and O–H groups in total. The van der Waals surface area contributed by atoms with Crippen LogP contribution in [0.25, 0.3) is 0 Å². The Morgan fingerprint density at radius 3 is 2.85 bits per heavy atom. The first kappa shape index (κ1) is 17.9. The van der Waals surface area contributed by atoms with Gasteiger partial charge in [-0.1, -0.05) is 6.42 Å². The van der Waals surface area contributed by atoms with Gasteiger partial charge in [0.1, 0.15) is 11.1 Å². The van der Waals surface area contributed by atoms with Crippen molar-refractivity contribution in [3.8, 4) is 6.07 Å². The van der Waals surface area contributed by atoms with Gasteiger partial charge in [0, 0.05) is 30.4 Å². The summed E-state index contributed by atoms with van der Waals surface area (Å²) in [5.41, 5.74) is 1.85. The largest absolute Gasteiger partial charge is 0.340 e. The molecule has 1 saturated heterocycles. The second kappa shape index (κ2) is 8.05. The van der Waals surface area contributed by atoms with Crippen molar-refractivity contribution in [3.05, 3.63) is 34.5 Å². The van der Waals surface area contributed by atoms with Crippen molar-refractivity contribution in [2.24, 2.45) is 5.92 Å². The molecule has 0 bridgehead atoms. The molecule has 140 valence electrons. The summed E-state index contributed by atoms with van der Waals surface area (Å²) in [6.07, 6.45) is 10.7. The molecular weight excluding hydrogens is 358 g/mol. The number of thiophene rings is 1. The molecule has 1 aliphatic carbocycles. The number of aromatic nitrogens is 2. The van der Waals surface area contributed by atoms with Crippen LogP contribution < -0.4 is 10.2 Å². The number of hydrogen-bond acceptors (Lipinski definition) is 6. The fourth-order valence-electron chi connectivity index (χ4n) is 3.99. The molecule has 0 unspecified atom stereocenters. The number of carbonyl (C=O) groups is 1. The molecule has 0 aromatic carbocycles. The van der Waals surface area contributed by atoms with Gasteiger partial charge in [0.2, 0.25) is 11.9 Å². The van der Waals surface area contributed by atoms with Crippen LogP contribution in [-0.4, -0.2) is 29.0 Å². The number of amides is 1. The molecule has 6 nitrogen and oxygen atoms in total. The summed E-state index contributed by atoms with van der Waals surface area (Å²) in [6.45, 7) is 1.48. The van der Waals surface area contributed by atoms with Gasteiger partial charge < -0.3 is 10.2 Å². The number of aryl methyl sites for hydroxylation is 1. The molecule has 1 aliphatic heterocycles. The molecule has 1 amide bonds. The molecule has 2 aromatic heterocycles. The lowest BCUT2D eigenvalue weighted by Crippen LogP contribution is -2.41. The van der Waals surface area contributed by atoms with Crippen molar-refractivity contribution in [2.75, 3.05) is 23.3 Å². The second-order valence-corrected chi connectivity index (χ2v) is 8.31. The van der Waals surface area contributed by atoms with Gasteiger partial charge in [-0.2, -0.15) is 5.26 Å². The highest BCUT2D eigenvalue weighted by atomic mass is 32.1. The molecule has 7 heteroatoms. The van der Waals surface area contributed by atoms with E-state index in [9.17, 15) is 10.1 Å². The summed E-state index contributed by atoms with van der Waals surface area (Å²) in [5, 5.41) is 13.5. The quantitative estimate of drug-likeness (QED) is 0.823. The number of nitriles is 1. The Morgan fingerprint density at radius 2 is 2.04 bits per heavy atom. The first-order chi connectivity index (χ1) is 13.3. The summed E-state index contributed by atoms with van der Waals surface area (Å²) in [7, 11) is 0. The predicted octanol–water partition coefficient (Wildman–Crippen LogP) is 3.53. The SMILES string of the molecule is N#Cc1c(NC(=O)[C@H]2CCCN(c3ncccn3)C2)sc2c1CCCCC2. The van der Waals surface area contributed by atoms with Crippen molar-refractivity contribution in [3.63, 3.8) is 0 Å². The first-order valence-electron chi connectivity index (χ1n) is 9.63. The van der Waals surface area contributed by atoms with Crippen LogP contribution in [0.2, 0.25) is 0 Å². The standard InChI is InChI=1S/C20H23N5OS/c21-12-16-15-7-2-1-3-8-17(15)27-19(16)24-18(26)14-6-4-11-25(13-14)20-22-9-5-10-23-20/h5,9-10,14H,1-4,6-8,11,13H2,(H,24,26)/t14-/m0/s1. The van der Waals surface area contributed by atoms with Crippen LogP contribution >= 0.6 is 11.3 Å². The minimum atomic E-state index is -0.115. The molecule has 1 fully saturated rings.